The van der Waals surface area contributed by atoms with Gasteiger partial charge in [0.15, 0.2) is 11.5 Å². The molecule has 0 fully saturated rings. The maximum atomic E-state index is 12.4. The molecule has 1 amide bonds. The van der Waals surface area contributed by atoms with Gasteiger partial charge in [0, 0.05) is 5.56 Å². The third-order valence-corrected chi connectivity index (χ3v) is 5.00. The van der Waals surface area contributed by atoms with Crippen molar-refractivity contribution in [2.45, 2.75) is 0 Å². The molecule has 0 spiro atoms. The van der Waals surface area contributed by atoms with Gasteiger partial charge in [0.05, 0.1) is 31.2 Å². The highest BCUT2D eigenvalue weighted by Crippen LogP contribution is 2.28. The molecule has 4 aromatic rings. The number of rotatable bonds is 7. The van der Waals surface area contributed by atoms with Crippen LogP contribution in [0.3, 0.4) is 0 Å². The van der Waals surface area contributed by atoms with Crippen molar-refractivity contribution in [3.63, 3.8) is 0 Å². The zero-order chi connectivity index (χ0) is 23.9. The molecule has 4 rings (SSSR count). The number of hydrogen-bond acceptors (Lipinski definition) is 7. The summed E-state index contributed by atoms with van der Waals surface area (Å²) in [6, 6.07) is 24.5. The Morgan fingerprint density at radius 3 is 2.18 bits per heavy atom. The van der Waals surface area contributed by atoms with Gasteiger partial charge in [0.1, 0.15) is 0 Å². The van der Waals surface area contributed by atoms with E-state index in [1.165, 1.54) is 20.3 Å². The third-order valence-electron chi connectivity index (χ3n) is 5.00. The number of carbonyl (C=O) groups is 2. The molecular weight excluding hydrogens is 434 g/mol. The zero-order valence-corrected chi connectivity index (χ0v) is 18.5. The first kappa shape index (κ1) is 22.5. The summed E-state index contributed by atoms with van der Waals surface area (Å²) in [5.41, 5.74) is 4.34. The Morgan fingerprint density at radius 1 is 0.735 bits per heavy atom. The largest absolute Gasteiger partial charge is 0.493 e. The predicted octanol–water partition coefficient (Wildman–Crippen LogP) is 5.97. The van der Waals surface area contributed by atoms with Crippen molar-refractivity contribution in [1.29, 1.82) is 0 Å². The number of benzene rings is 4. The van der Waals surface area contributed by atoms with Gasteiger partial charge < -0.3 is 14.3 Å². The Morgan fingerprint density at radius 2 is 1.44 bits per heavy atom. The average Bonchev–Trinajstić information content (AvgIpc) is 2.90. The van der Waals surface area contributed by atoms with E-state index in [-0.39, 0.29) is 0 Å². The van der Waals surface area contributed by atoms with E-state index in [9.17, 15) is 9.59 Å². The highest BCUT2D eigenvalue weighted by molar-refractivity contribution is 5.99. The zero-order valence-electron chi connectivity index (χ0n) is 18.5. The number of nitrogens with zero attached hydrogens (tertiary/aromatic N) is 2. The molecule has 8 heteroatoms. The van der Waals surface area contributed by atoms with Crippen molar-refractivity contribution >= 4 is 34.0 Å². The fourth-order valence-corrected chi connectivity index (χ4v) is 3.21. The number of nitrogens with one attached hydrogen (secondary N) is 1. The van der Waals surface area contributed by atoms with Crippen LogP contribution in [-0.2, 0) is 4.84 Å². The second-order valence-corrected chi connectivity index (χ2v) is 7.18. The molecule has 0 saturated heterocycles. The van der Waals surface area contributed by atoms with Crippen LogP contribution in [0, 0.1) is 0 Å². The minimum absolute atomic E-state index is 0.294. The van der Waals surface area contributed by atoms with Gasteiger partial charge in [-0.1, -0.05) is 30.3 Å². The molecule has 0 aromatic heterocycles. The van der Waals surface area contributed by atoms with Gasteiger partial charge in [-0.05, 0) is 65.4 Å². The third kappa shape index (κ3) is 5.18. The molecule has 170 valence electrons. The first-order valence-electron chi connectivity index (χ1n) is 10.3. The lowest BCUT2D eigenvalue weighted by Gasteiger charge is -2.10. The summed E-state index contributed by atoms with van der Waals surface area (Å²) >= 11 is 0. The number of carbonyl (C=O) groups excluding carboxylic acids is 2. The molecule has 0 saturated carbocycles. The summed E-state index contributed by atoms with van der Waals surface area (Å²) in [5, 5.41) is 9.81. The van der Waals surface area contributed by atoms with Crippen LogP contribution in [0.2, 0.25) is 0 Å². The molecule has 0 bridgehead atoms. The molecular formula is C26H21N3O5. The molecule has 0 atom stereocenters. The van der Waals surface area contributed by atoms with Crippen molar-refractivity contribution in [1.82, 2.24) is 0 Å². The van der Waals surface area contributed by atoms with Crippen molar-refractivity contribution in [3.8, 4) is 11.5 Å². The second-order valence-electron chi connectivity index (χ2n) is 7.18. The van der Waals surface area contributed by atoms with Gasteiger partial charge in [-0.15, -0.1) is 10.2 Å². The highest BCUT2D eigenvalue weighted by atomic mass is 16.7. The van der Waals surface area contributed by atoms with Crippen LogP contribution >= 0.6 is 0 Å². The summed E-state index contributed by atoms with van der Waals surface area (Å²) in [4.78, 5) is 29.8. The van der Waals surface area contributed by atoms with E-state index in [0.29, 0.717) is 34.0 Å². The van der Waals surface area contributed by atoms with Crippen LogP contribution in [0.5, 0.6) is 11.5 Å². The fourth-order valence-electron chi connectivity index (χ4n) is 3.21. The monoisotopic (exact) mass is 455 g/mol. The van der Waals surface area contributed by atoms with Gasteiger partial charge in [-0.25, -0.2) is 10.3 Å². The van der Waals surface area contributed by atoms with Crippen LogP contribution in [0.15, 0.2) is 95.2 Å². The Labute approximate surface area is 195 Å². The average molecular weight is 455 g/mol. The normalized spacial score (nSPS) is 10.8. The highest BCUT2D eigenvalue weighted by Gasteiger charge is 2.12. The Balaban J connectivity index is 1.35. The van der Waals surface area contributed by atoms with Crippen LogP contribution in [0.25, 0.3) is 10.8 Å². The fraction of sp³-hybridized carbons (Fsp3) is 0.0769. The molecule has 0 aliphatic carbocycles. The maximum absolute atomic E-state index is 12.4. The van der Waals surface area contributed by atoms with Crippen molar-refractivity contribution in [2.24, 2.45) is 10.2 Å². The summed E-state index contributed by atoms with van der Waals surface area (Å²) in [6.45, 7) is 0. The molecule has 1 N–H and O–H groups in total. The van der Waals surface area contributed by atoms with Crippen molar-refractivity contribution in [2.75, 3.05) is 19.7 Å². The van der Waals surface area contributed by atoms with E-state index in [1.807, 2.05) is 30.3 Å². The number of anilines is 1. The smallest absolute Gasteiger partial charge is 0.362 e. The second kappa shape index (κ2) is 10.3. The maximum Gasteiger partial charge on any atom is 0.362 e. The van der Waals surface area contributed by atoms with Crippen molar-refractivity contribution < 1.29 is 23.9 Å². The first-order valence-corrected chi connectivity index (χ1v) is 10.3. The Kier molecular flexibility index (Phi) is 6.78. The van der Waals surface area contributed by atoms with E-state index in [4.69, 9.17) is 14.3 Å². The Hall–Kier alpha value is -4.72. The van der Waals surface area contributed by atoms with E-state index < -0.39 is 11.9 Å². The topological polar surface area (TPSA) is 98.6 Å². The van der Waals surface area contributed by atoms with Crippen LogP contribution in [0.4, 0.5) is 11.4 Å². The first-order chi connectivity index (χ1) is 16.6. The molecule has 0 heterocycles. The molecule has 4 aromatic carbocycles. The van der Waals surface area contributed by atoms with Crippen LogP contribution in [-0.4, -0.2) is 26.1 Å². The SMILES string of the molecule is COc1ccc(C(=O)ONc2ccc(N=NC(=O)c3ccc4ccccc4c3)cc2)cc1OC. The molecule has 0 aliphatic heterocycles. The van der Waals surface area contributed by atoms with E-state index in [0.717, 1.165) is 10.8 Å². The minimum Gasteiger partial charge on any atom is -0.493 e. The van der Waals surface area contributed by atoms with E-state index >= 15 is 0 Å². The molecule has 0 radical (unpaired) electrons. The minimum atomic E-state index is -0.592. The molecule has 0 unspecified atom stereocenters. The lowest BCUT2D eigenvalue weighted by molar-refractivity contribution is 0.0596. The van der Waals surface area contributed by atoms with Gasteiger partial charge in [0.2, 0.25) is 0 Å². The summed E-state index contributed by atoms with van der Waals surface area (Å²) in [7, 11) is 3.00. The number of azo groups is 1. The number of amides is 1. The predicted molar refractivity (Wildman–Crippen MR) is 128 cm³/mol. The molecule has 0 aliphatic rings. The molecule has 34 heavy (non-hydrogen) atoms. The van der Waals surface area contributed by atoms with E-state index in [1.54, 1.807) is 48.5 Å². The van der Waals surface area contributed by atoms with Gasteiger partial charge in [0.25, 0.3) is 5.91 Å². The van der Waals surface area contributed by atoms with Crippen LogP contribution < -0.4 is 15.0 Å². The number of fused-ring (bicyclic) bond motifs is 1. The van der Waals surface area contributed by atoms with E-state index in [2.05, 4.69) is 15.7 Å². The lowest BCUT2D eigenvalue weighted by atomic mass is 10.1. The van der Waals surface area contributed by atoms with Crippen LogP contribution in [0.1, 0.15) is 20.7 Å². The summed E-state index contributed by atoms with van der Waals surface area (Å²) in [5.74, 6) is -0.0942. The quantitative estimate of drug-likeness (QED) is 0.272. The Bertz CT molecular complexity index is 1370. The standard InChI is InChI=1S/C26H21N3O5/c1-32-23-14-9-20(16-24(23)33-2)26(31)34-29-22-12-10-21(11-13-22)27-28-25(30)19-8-7-17-5-3-4-6-18(17)15-19/h3-16,29H,1-2H3. The van der Waals surface area contributed by atoms with Gasteiger partial charge in [-0.2, -0.15) is 0 Å². The van der Waals surface area contributed by atoms with Crippen molar-refractivity contribution in [3.05, 3.63) is 96.1 Å². The summed E-state index contributed by atoms with van der Waals surface area (Å²) in [6.07, 6.45) is 0. The summed E-state index contributed by atoms with van der Waals surface area (Å²) < 4.78 is 10.4. The van der Waals surface area contributed by atoms with Gasteiger partial charge in [-0.3, -0.25) is 4.79 Å². The number of hydrogen-bond donors (Lipinski definition) is 1. The number of methoxy groups -OCH3 is 2. The van der Waals surface area contributed by atoms with Gasteiger partial charge >= 0.3 is 5.97 Å². The number of ether oxygens (including phenoxy) is 2. The molecule has 8 nitrogen and oxygen atoms in total. The lowest BCUT2D eigenvalue weighted by Crippen LogP contribution is -2.11.